The molecule has 56 heavy (non-hydrogen) atoms. The maximum atomic E-state index is 5.58. The molecule has 2 aromatic heterocycles. The number of hydrogen-bond donors (Lipinski definition) is 0. The molecule has 0 bridgehead atoms. The highest BCUT2D eigenvalue weighted by atomic mass is 14.8. The second-order valence-electron chi connectivity index (χ2n) is 15.7. The Morgan fingerprint density at radius 2 is 0.714 bits per heavy atom. The molecular formula is C54H42N2. The SMILES string of the molecule is CC(C)c1cc(-c2ccccc2)nc2c1ccc1c(C(C)C)cc(-c3ccccc3-c3ccccc3-c3ccc4c5ccccc5c5ccccc5c4c3)nc12. The van der Waals surface area contributed by atoms with Crippen LogP contribution in [0.15, 0.2) is 170 Å². The maximum Gasteiger partial charge on any atom is 0.0975 e. The number of benzene rings is 8. The van der Waals surface area contributed by atoms with Crippen LogP contribution in [0, 0.1) is 0 Å². The zero-order valence-electron chi connectivity index (χ0n) is 32.2. The van der Waals surface area contributed by atoms with Gasteiger partial charge < -0.3 is 0 Å². The lowest BCUT2D eigenvalue weighted by Gasteiger charge is -2.19. The normalized spacial score (nSPS) is 11.9. The van der Waals surface area contributed by atoms with Gasteiger partial charge in [0.1, 0.15) is 0 Å². The number of nitrogens with zero attached hydrogens (tertiary/aromatic N) is 2. The van der Waals surface area contributed by atoms with Crippen molar-refractivity contribution >= 4 is 54.1 Å². The minimum Gasteiger partial charge on any atom is -0.245 e. The number of pyridine rings is 2. The van der Waals surface area contributed by atoms with Gasteiger partial charge >= 0.3 is 0 Å². The molecule has 0 fully saturated rings. The molecule has 268 valence electrons. The lowest BCUT2D eigenvalue weighted by Crippen LogP contribution is -2.00. The molecule has 2 nitrogen and oxygen atoms in total. The molecule has 0 saturated carbocycles. The second-order valence-corrected chi connectivity index (χ2v) is 15.7. The van der Waals surface area contributed by atoms with Crippen LogP contribution in [0.3, 0.4) is 0 Å². The van der Waals surface area contributed by atoms with Crippen LogP contribution in [0.5, 0.6) is 0 Å². The summed E-state index contributed by atoms with van der Waals surface area (Å²) in [4.78, 5) is 11.0. The molecule has 0 aliphatic carbocycles. The number of hydrogen-bond acceptors (Lipinski definition) is 2. The first-order chi connectivity index (χ1) is 27.4. The van der Waals surface area contributed by atoms with E-state index in [4.69, 9.17) is 9.97 Å². The minimum atomic E-state index is 0.293. The van der Waals surface area contributed by atoms with Crippen LogP contribution in [0.2, 0.25) is 0 Å². The zero-order valence-corrected chi connectivity index (χ0v) is 32.2. The van der Waals surface area contributed by atoms with Crippen molar-refractivity contribution in [3.8, 4) is 44.8 Å². The quantitative estimate of drug-likeness (QED) is 0.160. The first kappa shape index (κ1) is 33.9. The third-order valence-electron chi connectivity index (χ3n) is 11.6. The van der Waals surface area contributed by atoms with Crippen molar-refractivity contribution in [2.45, 2.75) is 39.5 Å². The van der Waals surface area contributed by atoms with Gasteiger partial charge in [-0.1, -0.05) is 179 Å². The van der Waals surface area contributed by atoms with E-state index in [2.05, 4.69) is 198 Å². The summed E-state index contributed by atoms with van der Waals surface area (Å²) in [5.41, 5.74) is 13.4. The van der Waals surface area contributed by atoms with Gasteiger partial charge in [0.05, 0.1) is 22.4 Å². The van der Waals surface area contributed by atoms with E-state index in [9.17, 15) is 0 Å². The van der Waals surface area contributed by atoms with Gasteiger partial charge in [0.2, 0.25) is 0 Å². The van der Waals surface area contributed by atoms with Crippen LogP contribution in [0.25, 0.3) is 98.9 Å². The van der Waals surface area contributed by atoms with Crippen LogP contribution in [-0.2, 0) is 0 Å². The molecule has 10 rings (SSSR count). The molecule has 2 heteroatoms. The van der Waals surface area contributed by atoms with E-state index in [0.717, 1.165) is 44.5 Å². The fourth-order valence-electron chi connectivity index (χ4n) is 8.86. The predicted molar refractivity (Wildman–Crippen MR) is 239 cm³/mol. The number of rotatable bonds is 6. The van der Waals surface area contributed by atoms with Gasteiger partial charge in [0.25, 0.3) is 0 Å². The van der Waals surface area contributed by atoms with E-state index in [1.165, 1.54) is 65.5 Å². The van der Waals surface area contributed by atoms with Gasteiger partial charge in [-0.2, -0.15) is 0 Å². The van der Waals surface area contributed by atoms with Crippen LogP contribution in [-0.4, -0.2) is 9.97 Å². The monoisotopic (exact) mass is 718 g/mol. The first-order valence-electron chi connectivity index (χ1n) is 19.8. The molecule has 0 spiro atoms. The highest BCUT2D eigenvalue weighted by Crippen LogP contribution is 2.43. The molecule has 0 radical (unpaired) electrons. The van der Waals surface area contributed by atoms with E-state index in [0.29, 0.717) is 11.8 Å². The smallest absolute Gasteiger partial charge is 0.0975 e. The van der Waals surface area contributed by atoms with Crippen molar-refractivity contribution in [2.75, 3.05) is 0 Å². The standard InChI is InChI=1S/C54H42N2/c1-33(2)48-31-51(35-16-6-5-7-17-35)55-53-46(48)28-29-47-49(34(3)4)32-52(56-54(47)53)45-25-15-14-23-42(45)38-19-9-8-18-37(38)36-26-27-44-41-22-11-10-20-39(41)40-21-12-13-24-43(40)50(44)30-36/h5-34H,1-4H3. The predicted octanol–water partition coefficient (Wildman–Crippen LogP) is 15.2. The Hall–Kier alpha value is -6.64. The molecule has 0 aliphatic heterocycles. The van der Waals surface area contributed by atoms with E-state index in [-0.39, 0.29) is 0 Å². The van der Waals surface area contributed by atoms with Crippen molar-refractivity contribution in [2.24, 2.45) is 0 Å². The topological polar surface area (TPSA) is 25.8 Å². The Labute approximate surface area is 328 Å². The van der Waals surface area contributed by atoms with Crippen LogP contribution in [0.4, 0.5) is 0 Å². The van der Waals surface area contributed by atoms with Crippen molar-refractivity contribution in [1.82, 2.24) is 9.97 Å². The highest BCUT2D eigenvalue weighted by Gasteiger charge is 2.20. The lowest BCUT2D eigenvalue weighted by molar-refractivity contribution is 0.873. The molecule has 0 saturated heterocycles. The van der Waals surface area contributed by atoms with E-state index < -0.39 is 0 Å². The molecule has 0 N–H and O–H groups in total. The van der Waals surface area contributed by atoms with Crippen molar-refractivity contribution in [1.29, 1.82) is 0 Å². The summed E-state index contributed by atoms with van der Waals surface area (Å²) in [6.45, 7) is 9.10. The van der Waals surface area contributed by atoms with Crippen LogP contribution < -0.4 is 0 Å². The number of aromatic nitrogens is 2. The first-order valence-corrected chi connectivity index (χ1v) is 19.8. The van der Waals surface area contributed by atoms with Crippen molar-refractivity contribution < 1.29 is 0 Å². The van der Waals surface area contributed by atoms with Gasteiger partial charge in [-0.25, -0.2) is 9.97 Å². The summed E-state index contributed by atoms with van der Waals surface area (Å²) in [6.07, 6.45) is 0. The van der Waals surface area contributed by atoms with E-state index >= 15 is 0 Å². The summed E-state index contributed by atoms with van der Waals surface area (Å²) in [7, 11) is 0. The molecule has 10 aromatic rings. The summed E-state index contributed by atoms with van der Waals surface area (Å²) >= 11 is 0. The van der Waals surface area contributed by atoms with Gasteiger partial charge in [0, 0.05) is 21.9 Å². The molecule has 2 heterocycles. The summed E-state index contributed by atoms with van der Waals surface area (Å²) in [5.74, 6) is 0.624. The molecule has 8 aromatic carbocycles. The van der Waals surface area contributed by atoms with Crippen molar-refractivity contribution in [3.63, 3.8) is 0 Å². The summed E-state index contributed by atoms with van der Waals surface area (Å²) in [6, 6.07) is 61.9. The fourth-order valence-corrected chi connectivity index (χ4v) is 8.86. The molecule has 0 unspecified atom stereocenters. The molecular weight excluding hydrogens is 677 g/mol. The maximum absolute atomic E-state index is 5.58. The highest BCUT2D eigenvalue weighted by molar-refractivity contribution is 6.25. The van der Waals surface area contributed by atoms with Crippen LogP contribution in [0.1, 0.15) is 50.7 Å². The third-order valence-corrected chi connectivity index (χ3v) is 11.6. The largest absolute Gasteiger partial charge is 0.245 e. The third kappa shape index (κ3) is 5.56. The van der Waals surface area contributed by atoms with Crippen LogP contribution >= 0.6 is 0 Å². The van der Waals surface area contributed by atoms with Gasteiger partial charge in [0.15, 0.2) is 0 Å². The summed E-state index contributed by atoms with van der Waals surface area (Å²) in [5, 5.41) is 10.0. The zero-order chi connectivity index (χ0) is 37.9. The molecule has 0 amide bonds. The van der Waals surface area contributed by atoms with Gasteiger partial charge in [-0.15, -0.1) is 0 Å². The average Bonchev–Trinajstić information content (AvgIpc) is 3.25. The molecule has 0 aliphatic rings. The van der Waals surface area contributed by atoms with E-state index in [1.54, 1.807) is 0 Å². The Kier molecular flexibility index (Phi) is 8.22. The summed E-state index contributed by atoms with van der Waals surface area (Å²) < 4.78 is 0. The Morgan fingerprint density at radius 3 is 1.29 bits per heavy atom. The van der Waals surface area contributed by atoms with Gasteiger partial charge in [-0.3, -0.25) is 0 Å². The van der Waals surface area contributed by atoms with Crippen molar-refractivity contribution in [3.05, 3.63) is 181 Å². The lowest BCUT2D eigenvalue weighted by atomic mass is 9.87. The second kappa shape index (κ2) is 13.6. The Morgan fingerprint density at radius 1 is 0.304 bits per heavy atom. The Balaban J connectivity index is 1.20. The van der Waals surface area contributed by atoms with E-state index in [1.807, 2.05) is 0 Å². The molecule has 0 atom stereocenters. The van der Waals surface area contributed by atoms with Gasteiger partial charge in [-0.05, 0) is 95.7 Å². The average molecular weight is 719 g/mol. The fraction of sp³-hybridized carbons (Fsp3) is 0.111. The Bertz CT molecular complexity index is 3100. The number of fused-ring (bicyclic) bond motifs is 9. The minimum absolute atomic E-state index is 0.293.